The number of nitrogens with one attached hydrogen (secondary N) is 1. The maximum absolute atomic E-state index is 12.2. The van der Waals surface area contributed by atoms with Gasteiger partial charge in [-0.2, -0.15) is 0 Å². The lowest BCUT2D eigenvalue weighted by Crippen LogP contribution is -2.28. The van der Waals surface area contributed by atoms with Crippen LogP contribution in [0.15, 0.2) is 36.4 Å². The minimum Gasteiger partial charge on any atom is -0.494 e. The quantitative estimate of drug-likeness (QED) is 0.653. The van der Waals surface area contributed by atoms with Crippen LogP contribution in [0.4, 0.5) is 0 Å². The van der Waals surface area contributed by atoms with E-state index in [4.69, 9.17) is 21.1 Å². The van der Waals surface area contributed by atoms with Crippen molar-refractivity contribution in [1.29, 1.82) is 0 Å². The number of amides is 1. The molecule has 1 amide bonds. The number of carbonyl (C=O) groups excluding carboxylic acids is 1. The standard InChI is InChI=1S/C18H22ClNO3S/c1-3-4-11-23-14-7-5-13(6-8-14)18(21)20-12-15(22-2)16-9-10-17(19)24-16/h5-10,15H,3-4,11-12H2,1-2H3,(H,20,21)/t15-/m1/s1. The van der Waals surface area contributed by atoms with E-state index in [2.05, 4.69) is 12.2 Å². The van der Waals surface area contributed by atoms with Crippen LogP contribution >= 0.6 is 22.9 Å². The molecule has 0 bridgehead atoms. The molecule has 0 fully saturated rings. The Bertz CT molecular complexity index is 642. The monoisotopic (exact) mass is 367 g/mol. The number of hydrogen-bond donors (Lipinski definition) is 1. The van der Waals surface area contributed by atoms with Crippen LogP contribution in [0.2, 0.25) is 4.34 Å². The van der Waals surface area contributed by atoms with E-state index in [1.807, 2.05) is 24.3 Å². The molecule has 4 nitrogen and oxygen atoms in total. The van der Waals surface area contributed by atoms with Gasteiger partial charge in [-0.25, -0.2) is 0 Å². The third-order valence-corrected chi connectivity index (χ3v) is 4.85. The summed E-state index contributed by atoms with van der Waals surface area (Å²) in [4.78, 5) is 13.2. The highest BCUT2D eigenvalue weighted by Crippen LogP contribution is 2.28. The molecule has 0 saturated heterocycles. The van der Waals surface area contributed by atoms with Crippen molar-refractivity contribution >= 4 is 28.8 Å². The van der Waals surface area contributed by atoms with E-state index in [-0.39, 0.29) is 12.0 Å². The Kier molecular flexibility index (Phi) is 7.56. The van der Waals surface area contributed by atoms with Gasteiger partial charge >= 0.3 is 0 Å². The fraction of sp³-hybridized carbons (Fsp3) is 0.389. The first-order valence-electron chi connectivity index (χ1n) is 7.93. The van der Waals surface area contributed by atoms with Gasteiger partial charge in [0, 0.05) is 24.1 Å². The molecule has 0 unspecified atom stereocenters. The smallest absolute Gasteiger partial charge is 0.251 e. The van der Waals surface area contributed by atoms with E-state index in [1.165, 1.54) is 11.3 Å². The van der Waals surface area contributed by atoms with E-state index < -0.39 is 0 Å². The first-order chi connectivity index (χ1) is 11.6. The van der Waals surface area contributed by atoms with Gasteiger partial charge in [-0.3, -0.25) is 4.79 Å². The summed E-state index contributed by atoms with van der Waals surface area (Å²) < 4.78 is 11.7. The minimum atomic E-state index is -0.205. The third kappa shape index (κ3) is 5.51. The third-order valence-electron chi connectivity index (χ3n) is 3.53. The highest BCUT2D eigenvalue weighted by atomic mass is 35.5. The Labute approximate surface area is 151 Å². The molecule has 0 aliphatic heterocycles. The molecule has 1 N–H and O–H groups in total. The molecule has 1 aromatic carbocycles. The van der Waals surface area contributed by atoms with Gasteiger partial charge in [-0.15, -0.1) is 11.3 Å². The van der Waals surface area contributed by atoms with Crippen LogP contribution in [0.3, 0.4) is 0 Å². The summed E-state index contributed by atoms with van der Waals surface area (Å²) in [6.07, 6.45) is 1.91. The first kappa shape index (κ1) is 18.8. The Hall–Kier alpha value is -1.56. The molecule has 0 saturated carbocycles. The highest BCUT2D eigenvalue weighted by molar-refractivity contribution is 7.16. The molecule has 0 spiro atoms. The number of hydrogen-bond acceptors (Lipinski definition) is 4. The van der Waals surface area contributed by atoms with Crippen molar-refractivity contribution in [1.82, 2.24) is 5.32 Å². The zero-order chi connectivity index (χ0) is 17.4. The summed E-state index contributed by atoms with van der Waals surface area (Å²) in [5.74, 6) is 0.641. The van der Waals surface area contributed by atoms with Gasteiger partial charge in [-0.1, -0.05) is 24.9 Å². The predicted molar refractivity (Wildman–Crippen MR) is 98.3 cm³/mol. The minimum absolute atomic E-state index is 0.139. The molecule has 0 aliphatic rings. The summed E-state index contributed by atoms with van der Waals surface area (Å²) >= 11 is 7.40. The second-order valence-corrected chi connectivity index (χ2v) is 7.05. The van der Waals surface area contributed by atoms with Crippen LogP contribution in [0.1, 0.15) is 41.1 Å². The van der Waals surface area contributed by atoms with Gasteiger partial charge in [0.15, 0.2) is 0 Å². The Morgan fingerprint density at radius 1 is 1.25 bits per heavy atom. The number of methoxy groups -OCH3 is 1. The molecule has 2 aromatic rings. The van der Waals surface area contributed by atoms with E-state index >= 15 is 0 Å². The largest absolute Gasteiger partial charge is 0.494 e. The van der Waals surface area contributed by atoms with E-state index in [1.54, 1.807) is 19.2 Å². The first-order valence-corrected chi connectivity index (χ1v) is 9.12. The Morgan fingerprint density at radius 2 is 2.00 bits per heavy atom. The van der Waals surface area contributed by atoms with Crippen LogP contribution in [0.5, 0.6) is 5.75 Å². The Balaban J connectivity index is 1.87. The van der Waals surface area contributed by atoms with Crippen molar-refractivity contribution in [2.24, 2.45) is 0 Å². The average Bonchev–Trinajstić information content (AvgIpc) is 3.02. The highest BCUT2D eigenvalue weighted by Gasteiger charge is 2.15. The van der Waals surface area contributed by atoms with Gasteiger partial charge in [0.25, 0.3) is 5.91 Å². The number of halogens is 1. The molecule has 1 aromatic heterocycles. The van der Waals surface area contributed by atoms with Crippen molar-refractivity contribution in [3.63, 3.8) is 0 Å². The lowest BCUT2D eigenvalue weighted by atomic mass is 10.2. The summed E-state index contributed by atoms with van der Waals surface area (Å²) in [5, 5.41) is 2.89. The lowest BCUT2D eigenvalue weighted by Gasteiger charge is -2.14. The zero-order valence-corrected chi connectivity index (χ0v) is 15.5. The topological polar surface area (TPSA) is 47.6 Å². The molecule has 1 atom stereocenters. The van der Waals surface area contributed by atoms with E-state index in [0.29, 0.717) is 23.1 Å². The summed E-state index contributed by atoms with van der Waals surface area (Å²) in [5.41, 5.74) is 0.594. The maximum Gasteiger partial charge on any atom is 0.251 e. The van der Waals surface area contributed by atoms with Gasteiger partial charge in [0.2, 0.25) is 0 Å². The molecule has 1 heterocycles. The molecular formula is C18H22ClNO3S. The van der Waals surface area contributed by atoms with Gasteiger partial charge < -0.3 is 14.8 Å². The SMILES string of the molecule is CCCCOc1ccc(C(=O)NC[C@@H](OC)c2ccc(Cl)s2)cc1. The van der Waals surface area contributed by atoms with Crippen LogP contribution in [0.25, 0.3) is 0 Å². The van der Waals surface area contributed by atoms with Crippen LogP contribution in [0, 0.1) is 0 Å². The number of thiophene rings is 1. The number of benzene rings is 1. The molecular weight excluding hydrogens is 346 g/mol. The second kappa shape index (κ2) is 9.67. The average molecular weight is 368 g/mol. The summed E-state index contributed by atoms with van der Waals surface area (Å²) in [7, 11) is 1.62. The molecule has 0 aliphatic carbocycles. The number of carbonyl (C=O) groups is 1. The van der Waals surface area contributed by atoms with Crippen molar-refractivity contribution in [2.45, 2.75) is 25.9 Å². The fourth-order valence-corrected chi connectivity index (χ4v) is 3.26. The van der Waals surface area contributed by atoms with E-state index in [9.17, 15) is 4.79 Å². The van der Waals surface area contributed by atoms with Gasteiger partial charge in [0.1, 0.15) is 11.9 Å². The molecule has 24 heavy (non-hydrogen) atoms. The molecule has 130 valence electrons. The van der Waals surface area contributed by atoms with Crippen LogP contribution in [-0.2, 0) is 4.74 Å². The fourth-order valence-electron chi connectivity index (χ4n) is 2.13. The molecule has 2 rings (SSSR count). The van der Waals surface area contributed by atoms with Crippen molar-refractivity contribution in [3.05, 3.63) is 51.2 Å². The van der Waals surface area contributed by atoms with E-state index in [0.717, 1.165) is 23.5 Å². The second-order valence-electron chi connectivity index (χ2n) is 5.30. The molecule has 6 heteroatoms. The van der Waals surface area contributed by atoms with Crippen LogP contribution in [-0.4, -0.2) is 26.2 Å². The van der Waals surface area contributed by atoms with Crippen LogP contribution < -0.4 is 10.1 Å². The summed E-state index contributed by atoms with van der Waals surface area (Å²) in [6, 6.07) is 10.9. The van der Waals surface area contributed by atoms with Crippen molar-refractivity contribution < 1.29 is 14.3 Å². The summed E-state index contributed by atoms with van der Waals surface area (Å²) in [6.45, 7) is 3.20. The zero-order valence-electron chi connectivity index (χ0n) is 13.9. The normalized spacial score (nSPS) is 12.0. The maximum atomic E-state index is 12.2. The number of ether oxygens (including phenoxy) is 2. The van der Waals surface area contributed by atoms with Crippen molar-refractivity contribution in [3.8, 4) is 5.75 Å². The van der Waals surface area contributed by atoms with Gasteiger partial charge in [-0.05, 0) is 42.8 Å². The number of unbranched alkanes of at least 4 members (excludes halogenated alkanes) is 1. The molecule has 0 radical (unpaired) electrons. The predicted octanol–water partition coefficient (Wildman–Crippen LogP) is 4.70. The Morgan fingerprint density at radius 3 is 2.58 bits per heavy atom. The van der Waals surface area contributed by atoms with Gasteiger partial charge in [0.05, 0.1) is 10.9 Å². The lowest BCUT2D eigenvalue weighted by molar-refractivity contribution is 0.0837. The van der Waals surface area contributed by atoms with Crippen molar-refractivity contribution in [2.75, 3.05) is 20.3 Å². The number of rotatable bonds is 9.